The number of rotatable bonds is 6. The number of hydrogen-bond acceptors (Lipinski definition) is 6. The Morgan fingerprint density at radius 3 is 3.05 bits per heavy atom. The third kappa shape index (κ3) is 3.92. The Morgan fingerprint density at radius 2 is 2.25 bits per heavy atom. The molecule has 1 heterocycles. The molecule has 0 saturated heterocycles. The lowest BCUT2D eigenvalue weighted by atomic mass is 10.2. The molecular weight excluding hydrogens is 252 g/mol. The molecule has 0 aliphatic heterocycles. The van der Waals surface area contributed by atoms with Gasteiger partial charge in [0.1, 0.15) is 0 Å². The van der Waals surface area contributed by atoms with Gasteiger partial charge in [-0.1, -0.05) is 19.4 Å². The van der Waals surface area contributed by atoms with Gasteiger partial charge in [-0.05, 0) is 24.6 Å². The van der Waals surface area contributed by atoms with E-state index in [2.05, 4.69) is 38.8 Å². The number of nitriles is 1. The van der Waals surface area contributed by atoms with Crippen LogP contribution in [0.15, 0.2) is 30.5 Å². The fourth-order valence-corrected chi connectivity index (χ4v) is 1.63. The number of unbranched alkanes of at least 4 members (excludes halogenated alkanes) is 1. The van der Waals surface area contributed by atoms with Crippen LogP contribution in [0.1, 0.15) is 25.3 Å². The molecule has 0 amide bonds. The monoisotopic (exact) mass is 268 g/mol. The van der Waals surface area contributed by atoms with Gasteiger partial charge in [0.2, 0.25) is 5.95 Å². The third-order valence-electron chi connectivity index (χ3n) is 2.64. The molecule has 0 fully saturated rings. The lowest BCUT2D eigenvalue weighted by molar-refractivity contribution is 0.819. The Morgan fingerprint density at radius 1 is 1.35 bits per heavy atom. The van der Waals surface area contributed by atoms with Gasteiger partial charge in [0.05, 0.1) is 17.8 Å². The first kappa shape index (κ1) is 13.7. The zero-order valence-electron chi connectivity index (χ0n) is 11.3. The minimum absolute atomic E-state index is 0.500. The average molecular weight is 268 g/mol. The Hall–Kier alpha value is -2.68. The maximum atomic E-state index is 8.87. The van der Waals surface area contributed by atoms with Gasteiger partial charge < -0.3 is 10.6 Å². The van der Waals surface area contributed by atoms with Gasteiger partial charge >= 0.3 is 0 Å². The second kappa shape index (κ2) is 7.04. The van der Waals surface area contributed by atoms with E-state index in [4.69, 9.17) is 5.26 Å². The first-order valence-electron chi connectivity index (χ1n) is 6.52. The van der Waals surface area contributed by atoms with Gasteiger partial charge in [-0.15, -0.1) is 5.10 Å². The van der Waals surface area contributed by atoms with Crippen molar-refractivity contribution < 1.29 is 0 Å². The molecule has 0 aliphatic carbocycles. The third-order valence-corrected chi connectivity index (χ3v) is 2.64. The van der Waals surface area contributed by atoms with Crippen molar-refractivity contribution in [1.29, 1.82) is 5.26 Å². The molecule has 0 aliphatic rings. The Labute approximate surface area is 117 Å². The first-order valence-corrected chi connectivity index (χ1v) is 6.52. The van der Waals surface area contributed by atoms with Crippen molar-refractivity contribution >= 4 is 17.5 Å². The number of hydrogen-bond donors (Lipinski definition) is 2. The van der Waals surface area contributed by atoms with Crippen molar-refractivity contribution in [3.63, 3.8) is 0 Å². The second-order valence-electron chi connectivity index (χ2n) is 4.26. The molecule has 0 unspecified atom stereocenters. The Kier molecular flexibility index (Phi) is 4.84. The molecule has 2 aromatic rings. The Balaban J connectivity index is 2.05. The van der Waals surface area contributed by atoms with E-state index >= 15 is 0 Å². The van der Waals surface area contributed by atoms with Crippen LogP contribution in [0.2, 0.25) is 0 Å². The lowest BCUT2D eigenvalue weighted by Gasteiger charge is -2.07. The number of nitrogens with zero attached hydrogens (tertiary/aromatic N) is 4. The zero-order chi connectivity index (χ0) is 14.2. The summed E-state index contributed by atoms with van der Waals surface area (Å²) in [6, 6.07) is 9.29. The molecule has 0 bridgehead atoms. The van der Waals surface area contributed by atoms with Gasteiger partial charge in [0.15, 0.2) is 5.82 Å². The molecule has 6 nitrogen and oxygen atoms in total. The summed E-state index contributed by atoms with van der Waals surface area (Å²) in [7, 11) is 0. The maximum Gasteiger partial charge on any atom is 0.244 e. The summed E-state index contributed by atoms with van der Waals surface area (Å²) >= 11 is 0. The van der Waals surface area contributed by atoms with Crippen LogP contribution < -0.4 is 10.6 Å². The Bertz CT molecular complexity index is 605. The molecule has 6 heteroatoms. The highest BCUT2D eigenvalue weighted by molar-refractivity contribution is 5.58. The van der Waals surface area contributed by atoms with Crippen LogP contribution in [0.4, 0.5) is 17.5 Å². The van der Waals surface area contributed by atoms with Crippen LogP contribution in [0.5, 0.6) is 0 Å². The molecule has 0 radical (unpaired) electrons. The van der Waals surface area contributed by atoms with Crippen LogP contribution >= 0.6 is 0 Å². The number of anilines is 3. The summed E-state index contributed by atoms with van der Waals surface area (Å²) in [6.07, 6.45) is 3.72. The van der Waals surface area contributed by atoms with Gasteiger partial charge in [0, 0.05) is 12.2 Å². The molecule has 2 N–H and O–H groups in total. The summed E-state index contributed by atoms with van der Waals surface area (Å²) in [6.45, 7) is 2.95. The standard InChI is InChI=1S/C14H16N6/c1-2-3-7-16-14-19-13(10-17-20-14)18-12-6-4-5-11(8-12)9-15/h4-6,8,10H,2-3,7H2,1H3,(H2,16,18,19,20). The fourth-order valence-electron chi connectivity index (χ4n) is 1.63. The molecule has 0 atom stereocenters. The summed E-state index contributed by atoms with van der Waals surface area (Å²) in [5.74, 6) is 1.09. The van der Waals surface area contributed by atoms with Crippen LogP contribution in [0, 0.1) is 11.3 Å². The van der Waals surface area contributed by atoms with E-state index in [1.807, 2.05) is 12.1 Å². The van der Waals surface area contributed by atoms with Crippen LogP contribution in [0.3, 0.4) is 0 Å². The van der Waals surface area contributed by atoms with E-state index < -0.39 is 0 Å². The lowest BCUT2D eigenvalue weighted by Crippen LogP contribution is -2.07. The maximum absolute atomic E-state index is 8.87. The van der Waals surface area contributed by atoms with Gasteiger partial charge in [-0.3, -0.25) is 0 Å². The van der Waals surface area contributed by atoms with Crippen molar-refractivity contribution in [2.75, 3.05) is 17.2 Å². The summed E-state index contributed by atoms with van der Waals surface area (Å²) in [4.78, 5) is 4.32. The molecule has 0 saturated carbocycles. The van der Waals surface area contributed by atoms with Crippen LogP contribution in [0.25, 0.3) is 0 Å². The highest BCUT2D eigenvalue weighted by Gasteiger charge is 2.01. The van der Waals surface area contributed by atoms with Gasteiger partial charge in [-0.2, -0.15) is 15.3 Å². The van der Waals surface area contributed by atoms with Crippen molar-refractivity contribution in [3.05, 3.63) is 36.0 Å². The number of nitrogens with one attached hydrogen (secondary N) is 2. The van der Waals surface area contributed by atoms with E-state index in [0.29, 0.717) is 17.3 Å². The second-order valence-corrected chi connectivity index (χ2v) is 4.26. The predicted octanol–water partition coefficient (Wildman–Crippen LogP) is 2.70. The van der Waals surface area contributed by atoms with E-state index in [1.54, 1.807) is 18.3 Å². The average Bonchev–Trinajstić information content (AvgIpc) is 2.48. The van der Waals surface area contributed by atoms with Crippen molar-refractivity contribution in [2.45, 2.75) is 19.8 Å². The smallest absolute Gasteiger partial charge is 0.244 e. The summed E-state index contributed by atoms with van der Waals surface area (Å²) < 4.78 is 0. The first-order chi connectivity index (χ1) is 9.81. The number of benzene rings is 1. The molecule has 2 rings (SSSR count). The SMILES string of the molecule is CCCCNc1nncc(Nc2cccc(C#N)c2)n1. The minimum Gasteiger partial charge on any atom is -0.353 e. The molecular formula is C14H16N6. The predicted molar refractivity (Wildman–Crippen MR) is 77.7 cm³/mol. The molecule has 20 heavy (non-hydrogen) atoms. The van der Waals surface area contributed by atoms with Crippen molar-refractivity contribution in [1.82, 2.24) is 15.2 Å². The quantitative estimate of drug-likeness (QED) is 0.783. The van der Waals surface area contributed by atoms with E-state index in [1.165, 1.54) is 0 Å². The zero-order valence-corrected chi connectivity index (χ0v) is 11.3. The van der Waals surface area contributed by atoms with Crippen molar-refractivity contribution in [3.8, 4) is 6.07 Å². The fraction of sp³-hybridized carbons (Fsp3) is 0.286. The highest BCUT2D eigenvalue weighted by Crippen LogP contribution is 2.15. The normalized spacial score (nSPS) is 9.80. The van der Waals surface area contributed by atoms with Crippen LogP contribution in [-0.4, -0.2) is 21.7 Å². The van der Waals surface area contributed by atoms with Crippen LogP contribution in [-0.2, 0) is 0 Å². The van der Waals surface area contributed by atoms with E-state index in [-0.39, 0.29) is 0 Å². The van der Waals surface area contributed by atoms with Crippen molar-refractivity contribution in [2.24, 2.45) is 0 Å². The van der Waals surface area contributed by atoms with E-state index in [9.17, 15) is 0 Å². The topological polar surface area (TPSA) is 86.5 Å². The largest absolute Gasteiger partial charge is 0.353 e. The summed E-state index contributed by atoms with van der Waals surface area (Å²) in [5, 5.41) is 22.9. The van der Waals surface area contributed by atoms with Gasteiger partial charge in [0.25, 0.3) is 0 Å². The number of aromatic nitrogens is 3. The molecule has 102 valence electrons. The highest BCUT2D eigenvalue weighted by atomic mass is 15.3. The van der Waals surface area contributed by atoms with Gasteiger partial charge in [-0.25, -0.2) is 0 Å². The summed E-state index contributed by atoms with van der Waals surface area (Å²) in [5.41, 5.74) is 1.39. The molecule has 0 spiro atoms. The van der Waals surface area contributed by atoms with E-state index in [0.717, 1.165) is 25.1 Å². The molecule has 1 aromatic heterocycles. The molecule has 1 aromatic carbocycles. The minimum atomic E-state index is 0.500.